The molecule has 2 heterocycles. The predicted molar refractivity (Wildman–Crippen MR) is 81.8 cm³/mol. The van der Waals surface area contributed by atoms with Gasteiger partial charge in [-0.1, -0.05) is 12.1 Å². The molecular weight excluding hydrogens is 270 g/mol. The van der Waals surface area contributed by atoms with Crippen LogP contribution in [0.4, 0.5) is 0 Å². The Balaban J connectivity index is 1.71. The first-order chi connectivity index (χ1) is 9.72. The van der Waals surface area contributed by atoms with E-state index >= 15 is 0 Å². The van der Waals surface area contributed by atoms with Crippen LogP contribution >= 0.6 is 11.3 Å². The number of likely N-dealkylation sites (tertiary alicyclic amines) is 1. The summed E-state index contributed by atoms with van der Waals surface area (Å²) in [5, 5.41) is 1.23. The van der Waals surface area contributed by atoms with Crippen LogP contribution in [0.5, 0.6) is 0 Å². The van der Waals surface area contributed by atoms with Gasteiger partial charge in [0.15, 0.2) is 0 Å². The van der Waals surface area contributed by atoms with Gasteiger partial charge in [-0.05, 0) is 31.5 Å². The van der Waals surface area contributed by atoms with E-state index in [1.807, 2.05) is 6.07 Å². The van der Waals surface area contributed by atoms with E-state index in [1.54, 1.807) is 11.3 Å². The summed E-state index contributed by atoms with van der Waals surface area (Å²) in [5.41, 5.74) is 6.33. The van der Waals surface area contributed by atoms with Crippen LogP contribution in [0.25, 0.3) is 10.2 Å². The molecule has 0 saturated carbocycles. The van der Waals surface area contributed by atoms with Crippen LogP contribution in [-0.4, -0.2) is 35.4 Å². The fourth-order valence-corrected chi connectivity index (χ4v) is 3.89. The highest BCUT2D eigenvalue weighted by molar-refractivity contribution is 7.18. The minimum atomic E-state index is -0.216. The molecule has 1 aliphatic rings. The maximum absolute atomic E-state index is 10.9. The normalized spacial score (nSPS) is 20.3. The molecule has 1 fully saturated rings. The van der Waals surface area contributed by atoms with Gasteiger partial charge in [-0.15, -0.1) is 11.3 Å². The van der Waals surface area contributed by atoms with Crippen LogP contribution in [0.15, 0.2) is 24.3 Å². The predicted octanol–water partition coefficient (Wildman–Crippen LogP) is 2.35. The van der Waals surface area contributed by atoms with Crippen LogP contribution in [-0.2, 0) is 4.79 Å². The van der Waals surface area contributed by atoms with Crippen molar-refractivity contribution in [3.63, 3.8) is 0 Å². The quantitative estimate of drug-likeness (QED) is 0.940. The monoisotopic (exact) mass is 289 g/mol. The Morgan fingerprint density at radius 1 is 1.45 bits per heavy atom. The summed E-state index contributed by atoms with van der Waals surface area (Å²) in [6.45, 7) is 2.83. The molecule has 1 saturated heterocycles. The molecule has 1 amide bonds. The molecule has 1 aromatic heterocycles. The van der Waals surface area contributed by atoms with Crippen LogP contribution in [0.3, 0.4) is 0 Å². The number of primary amides is 1. The highest BCUT2D eigenvalue weighted by atomic mass is 32.1. The number of thiazole rings is 1. The van der Waals surface area contributed by atoms with Gasteiger partial charge in [-0.3, -0.25) is 4.79 Å². The number of nitrogens with two attached hydrogens (primary N) is 1. The van der Waals surface area contributed by atoms with Crippen molar-refractivity contribution in [1.29, 1.82) is 0 Å². The summed E-state index contributed by atoms with van der Waals surface area (Å²) in [4.78, 5) is 18.0. The number of rotatable bonds is 4. The van der Waals surface area contributed by atoms with E-state index in [0.29, 0.717) is 12.3 Å². The number of benzene rings is 1. The second kappa shape index (κ2) is 5.89. The number of amides is 1. The van der Waals surface area contributed by atoms with Gasteiger partial charge in [0.1, 0.15) is 0 Å². The van der Waals surface area contributed by atoms with E-state index < -0.39 is 0 Å². The number of hydrogen-bond acceptors (Lipinski definition) is 4. The molecular formula is C15H19N3OS. The van der Waals surface area contributed by atoms with Gasteiger partial charge in [0.25, 0.3) is 0 Å². The molecule has 1 atom stereocenters. The molecule has 3 rings (SSSR count). The zero-order valence-corrected chi connectivity index (χ0v) is 12.2. The van der Waals surface area contributed by atoms with Gasteiger partial charge in [0, 0.05) is 25.4 Å². The molecule has 106 valence electrons. The minimum absolute atomic E-state index is 0.216. The largest absolute Gasteiger partial charge is 0.370 e. The molecule has 0 bridgehead atoms. The van der Waals surface area contributed by atoms with Gasteiger partial charge in [0.2, 0.25) is 5.91 Å². The number of carbonyl (C=O) groups excluding carboxylic acids is 1. The standard InChI is InChI=1S/C15H19N3OS/c16-14(19)7-9-18-8-3-4-11(10-18)15-17-12-5-1-2-6-13(12)20-15/h1-2,5-6,11H,3-4,7-10H2,(H2,16,19)/t11-/m0/s1. The SMILES string of the molecule is NC(=O)CCN1CCC[C@H](c2nc3ccccc3s2)C1. The molecule has 4 nitrogen and oxygen atoms in total. The van der Waals surface area contributed by atoms with Crippen LogP contribution in [0.1, 0.15) is 30.2 Å². The van der Waals surface area contributed by atoms with Crippen LogP contribution in [0.2, 0.25) is 0 Å². The van der Waals surface area contributed by atoms with Gasteiger partial charge in [0.05, 0.1) is 15.2 Å². The summed E-state index contributed by atoms with van der Waals surface area (Å²) in [6.07, 6.45) is 2.80. The Kier molecular flexibility index (Phi) is 3.98. The lowest BCUT2D eigenvalue weighted by molar-refractivity contribution is -0.118. The summed E-state index contributed by atoms with van der Waals surface area (Å²) >= 11 is 1.80. The zero-order chi connectivity index (χ0) is 13.9. The number of fused-ring (bicyclic) bond motifs is 1. The first kappa shape index (κ1) is 13.5. The fourth-order valence-electron chi connectivity index (χ4n) is 2.79. The van der Waals surface area contributed by atoms with E-state index in [-0.39, 0.29) is 5.91 Å². The molecule has 20 heavy (non-hydrogen) atoms. The van der Waals surface area contributed by atoms with Gasteiger partial charge >= 0.3 is 0 Å². The Bertz CT molecular complexity index is 577. The highest BCUT2D eigenvalue weighted by Crippen LogP contribution is 2.32. The Morgan fingerprint density at radius 3 is 3.10 bits per heavy atom. The minimum Gasteiger partial charge on any atom is -0.370 e. The summed E-state index contributed by atoms with van der Waals surface area (Å²) in [7, 11) is 0. The number of carbonyl (C=O) groups is 1. The fraction of sp³-hybridized carbons (Fsp3) is 0.467. The maximum atomic E-state index is 10.9. The van der Waals surface area contributed by atoms with Crippen molar-refractivity contribution < 1.29 is 4.79 Å². The van der Waals surface area contributed by atoms with Crippen molar-refractivity contribution in [2.75, 3.05) is 19.6 Å². The van der Waals surface area contributed by atoms with Crippen molar-refractivity contribution in [1.82, 2.24) is 9.88 Å². The van der Waals surface area contributed by atoms with E-state index in [9.17, 15) is 4.79 Å². The Labute approximate surface area is 122 Å². The third-order valence-corrected chi connectivity index (χ3v) is 5.04. The summed E-state index contributed by atoms with van der Waals surface area (Å²) < 4.78 is 1.26. The lowest BCUT2D eigenvalue weighted by Crippen LogP contribution is -2.36. The highest BCUT2D eigenvalue weighted by Gasteiger charge is 2.24. The molecule has 1 aliphatic heterocycles. The van der Waals surface area contributed by atoms with Crippen molar-refractivity contribution in [3.05, 3.63) is 29.3 Å². The molecule has 0 spiro atoms. The molecule has 0 aliphatic carbocycles. The van der Waals surface area contributed by atoms with Crippen molar-refractivity contribution >= 4 is 27.5 Å². The number of piperidine rings is 1. The molecule has 1 aromatic carbocycles. The number of para-hydroxylation sites is 1. The average molecular weight is 289 g/mol. The van der Waals surface area contributed by atoms with E-state index in [4.69, 9.17) is 10.7 Å². The number of nitrogens with zero attached hydrogens (tertiary/aromatic N) is 2. The van der Waals surface area contributed by atoms with Gasteiger partial charge in [-0.25, -0.2) is 4.98 Å². The lowest BCUT2D eigenvalue weighted by atomic mass is 9.98. The first-order valence-corrected chi connectivity index (χ1v) is 7.90. The number of aromatic nitrogens is 1. The van der Waals surface area contributed by atoms with Gasteiger partial charge < -0.3 is 10.6 Å². The van der Waals surface area contributed by atoms with Crippen molar-refractivity contribution in [2.24, 2.45) is 5.73 Å². The second-order valence-electron chi connectivity index (χ2n) is 5.38. The topological polar surface area (TPSA) is 59.2 Å². The van der Waals surface area contributed by atoms with Crippen LogP contribution in [0, 0.1) is 0 Å². The molecule has 2 N–H and O–H groups in total. The lowest BCUT2D eigenvalue weighted by Gasteiger charge is -2.31. The van der Waals surface area contributed by atoms with E-state index in [1.165, 1.54) is 22.5 Å². The smallest absolute Gasteiger partial charge is 0.218 e. The van der Waals surface area contributed by atoms with Crippen LogP contribution < -0.4 is 5.73 Å². The Hall–Kier alpha value is -1.46. The van der Waals surface area contributed by atoms with Crippen molar-refractivity contribution in [2.45, 2.75) is 25.2 Å². The second-order valence-corrected chi connectivity index (χ2v) is 6.44. The summed E-state index contributed by atoms with van der Waals surface area (Å²) in [5.74, 6) is 0.279. The van der Waals surface area contributed by atoms with Crippen molar-refractivity contribution in [3.8, 4) is 0 Å². The molecule has 0 radical (unpaired) electrons. The number of hydrogen-bond donors (Lipinski definition) is 1. The Morgan fingerprint density at radius 2 is 2.30 bits per heavy atom. The summed E-state index contributed by atoms with van der Waals surface area (Å²) in [6, 6.07) is 8.30. The van der Waals surface area contributed by atoms with E-state index in [0.717, 1.165) is 25.2 Å². The third-order valence-electron chi connectivity index (χ3n) is 3.84. The maximum Gasteiger partial charge on any atom is 0.218 e. The molecule has 2 aromatic rings. The average Bonchev–Trinajstić information content (AvgIpc) is 2.89. The molecule has 5 heteroatoms. The van der Waals surface area contributed by atoms with E-state index in [2.05, 4.69) is 23.1 Å². The third kappa shape index (κ3) is 2.99. The van der Waals surface area contributed by atoms with Gasteiger partial charge in [-0.2, -0.15) is 0 Å². The first-order valence-electron chi connectivity index (χ1n) is 7.08. The molecule has 0 unspecified atom stereocenters. The zero-order valence-electron chi connectivity index (χ0n) is 11.4.